The van der Waals surface area contributed by atoms with E-state index in [0.717, 1.165) is 24.2 Å². The number of rotatable bonds is 3. The van der Waals surface area contributed by atoms with Crippen molar-refractivity contribution in [2.45, 2.75) is 37.7 Å². The molecular weight excluding hydrogens is 270 g/mol. The summed E-state index contributed by atoms with van der Waals surface area (Å²) in [6.45, 7) is 3.48. The summed E-state index contributed by atoms with van der Waals surface area (Å²) in [6.07, 6.45) is 3.74. The molecule has 2 N–H and O–H groups in total. The van der Waals surface area contributed by atoms with Gasteiger partial charge in [0.05, 0.1) is 11.0 Å². The molecule has 3 aromatic rings. The smallest absolute Gasteiger partial charge is 0.188 e. The number of H-pyrrole nitrogens is 1. The van der Waals surface area contributed by atoms with Crippen molar-refractivity contribution < 1.29 is 5.11 Å². The molecule has 1 saturated carbocycles. The summed E-state index contributed by atoms with van der Waals surface area (Å²) in [5, 5.41) is 33.2. The zero-order valence-electron chi connectivity index (χ0n) is 11.8. The van der Waals surface area contributed by atoms with Crippen LogP contribution in [0.5, 0.6) is 0 Å². The summed E-state index contributed by atoms with van der Waals surface area (Å²) in [7, 11) is 0. The Kier molecular flexibility index (Phi) is 2.27. The SMILES string of the molecule is CC(C)(O)c1cccn2c(C3(c4nn[nH]n4)CC3)nnc12. The van der Waals surface area contributed by atoms with Gasteiger partial charge in [-0.1, -0.05) is 11.3 Å². The summed E-state index contributed by atoms with van der Waals surface area (Å²) < 4.78 is 1.91. The Morgan fingerprint density at radius 3 is 2.71 bits per heavy atom. The van der Waals surface area contributed by atoms with E-state index >= 15 is 0 Å². The molecule has 1 aliphatic rings. The Hall–Kier alpha value is -2.35. The molecule has 21 heavy (non-hydrogen) atoms. The van der Waals surface area contributed by atoms with E-state index in [2.05, 4.69) is 30.8 Å². The second-order valence-electron chi connectivity index (χ2n) is 6.02. The first kappa shape index (κ1) is 12.4. The average Bonchev–Trinajstić information content (AvgIpc) is 2.92. The summed E-state index contributed by atoms with van der Waals surface area (Å²) in [5.41, 5.74) is 0.114. The predicted octanol–water partition coefficient (Wildman–Crippen LogP) is 0.550. The number of tetrazole rings is 1. The van der Waals surface area contributed by atoms with Gasteiger partial charge in [0.2, 0.25) is 0 Å². The summed E-state index contributed by atoms with van der Waals surface area (Å²) in [6, 6.07) is 3.75. The number of nitrogens with one attached hydrogen (secondary N) is 1. The zero-order valence-corrected chi connectivity index (χ0v) is 11.8. The number of aromatic amines is 1. The van der Waals surface area contributed by atoms with Crippen molar-refractivity contribution in [3.05, 3.63) is 35.5 Å². The van der Waals surface area contributed by atoms with Crippen molar-refractivity contribution in [3.63, 3.8) is 0 Å². The van der Waals surface area contributed by atoms with Crippen LogP contribution in [0, 0.1) is 0 Å². The van der Waals surface area contributed by atoms with Crippen LogP contribution >= 0.6 is 0 Å². The van der Waals surface area contributed by atoms with Crippen molar-refractivity contribution in [1.29, 1.82) is 0 Å². The van der Waals surface area contributed by atoms with E-state index in [9.17, 15) is 5.11 Å². The highest BCUT2D eigenvalue weighted by molar-refractivity contribution is 5.52. The van der Waals surface area contributed by atoms with Crippen LogP contribution in [0.2, 0.25) is 0 Å². The van der Waals surface area contributed by atoms with Gasteiger partial charge in [-0.15, -0.1) is 20.4 Å². The molecule has 0 aliphatic heterocycles. The molecule has 0 bridgehead atoms. The molecule has 0 amide bonds. The summed E-state index contributed by atoms with van der Waals surface area (Å²) >= 11 is 0. The van der Waals surface area contributed by atoms with Crippen molar-refractivity contribution in [3.8, 4) is 0 Å². The van der Waals surface area contributed by atoms with Crippen LogP contribution in [0.15, 0.2) is 18.3 Å². The van der Waals surface area contributed by atoms with Gasteiger partial charge in [0.1, 0.15) is 0 Å². The lowest BCUT2D eigenvalue weighted by Gasteiger charge is -2.18. The number of pyridine rings is 1. The monoisotopic (exact) mass is 285 g/mol. The molecular formula is C13H15N7O. The Balaban J connectivity index is 1.93. The summed E-state index contributed by atoms with van der Waals surface area (Å²) in [5.74, 6) is 1.44. The number of aliphatic hydroxyl groups is 1. The Labute approximate surface area is 120 Å². The van der Waals surface area contributed by atoms with E-state index in [-0.39, 0.29) is 5.41 Å². The first-order chi connectivity index (χ1) is 10.0. The maximum Gasteiger partial charge on any atom is 0.188 e. The Morgan fingerprint density at radius 2 is 2.10 bits per heavy atom. The quantitative estimate of drug-likeness (QED) is 0.728. The predicted molar refractivity (Wildman–Crippen MR) is 72.4 cm³/mol. The lowest BCUT2D eigenvalue weighted by Crippen LogP contribution is -2.18. The molecule has 0 aromatic carbocycles. The van der Waals surface area contributed by atoms with Gasteiger partial charge in [0.15, 0.2) is 17.3 Å². The maximum atomic E-state index is 10.3. The van der Waals surface area contributed by atoms with Crippen LogP contribution in [0.25, 0.3) is 5.65 Å². The highest BCUT2D eigenvalue weighted by atomic mass is 16.3. The van der Waals surface area contributed by atoms with Crippen LogP contribution in [-0.2, 0) is 11.0 Å². The molecule has 108 valence electrons. The van der Waals surface area contributed by atoms with Crippen molar-refractivity contribution >= 4 is 5.65 Å². The molecule has 1 aliphatic carbocycles. The third-order valence-corrected chi connectivity index (χ3v) is 4.05. The average molecular weight is 285 g/mol. The zero-order chi connectivity index (χ0) is 14.7. The lowest BCUT2D eigenvalue weighted by molar-refractivity contribution is 0.0796. The Morgan fingerprint density at radius 1 is 1.29 bits per heavy atom. The number of hydrogen-bond acceptors (Lipinski definition) is 6. The molecule has 0 spiro atoms. The van der Waals surface area contributed by atoms with Gasteiger partial charge in [0, 0.05) is 11.8 Å². The van der Waals surface area contributed by atoms with Gasteiger partial charge >= 0.3 is 0 Å². The van der Waals surface area contributed by atoms with Crippen LogP contribution in [0.4, 0.5) is 0 Å². The van der Waals surface area contributed by atoms with Gasteiger partial charge < -0.3 is 5.11 Å². The molecule has 0 unspecified atom stereocenters. The van der Waals surface area contributed by atoms with E-state index in [1.807, 2.05) is 22.7 Å². The number of nitrogens with zero attached hydrogens (tertiary/aromatic N) is 6. The third kappa shape index (κ3) is 1.69. The van der Waals surface area contributed by atoms with E-state index in [4.69, 9.17) is 0 Å². The number of fused-ring (bicyclic) bond motifs is 1. The highest BCUT2D eigenvalue weighted by Gasteiger charge is 2.53. The lowest BCUT2D eigenvalue weighted by atomic mass is 9.99. The second kappa shape index (κ2) is 3.85. The topological polar surface area (TPSA) is 105 Å². The molecule has 0 radical (unpaired) electrons. The maximum absolute atomic E-state index is 10.3. The van der Waals surface area contributed by atoms with Crippen LogP contribution in [-0.4, -0.2) is 40.3 Å². The summed E-state index contributed by atoms with van der Waals surface area (Å²) in [4.78, 5) is 0. The van der Waals surface area contributed by atoms with Crippen molar-refractivity contribution in [1.82, 2.24) is 35.2 Å². The standard InChI is InChI=1S/C13H15N7O/c1-12(2,21)8-4-3-7-20-9(8)14-17-11(20)13(5-6-13)10-15-18-19-16-10/h3-4,7,21H,5-6H2,1-2H3,(H,15,16,18,19). The Bertz CT molecular complexity index is 796. The van der Waals surface area contributed by atoms with Gasteiger partial charge in [0.25, 0.3) is 0 Å². The highest BCUT2D eigenvalue weighted by Crippen LogP contribution is 2.51. The first-order valence-electron chi connectivity index (χ1n) is 6.83. The molecule has 8 heteroatoms. The van der Waals surface area contributed by atoms with E-state index < -0.39 is 5.60 Å². The molecule has 8 nitrogen and oxygen atoms in total. The van der Waals surface area contributed by atoms with Crippen LogP contribution in [0.1, 0.15) is 43.9 Å². The van der Waals surface area contributed by atoms with E-state index in [0.29, 0.717) is 11.5 Å². The van der Waals surface area contributed by atoms with Gasteiger partial charge in [-0.25, -0.2) is 0 Å². The normalized spacial score (nSPS) is 17.3. The number of hydrogen-bond donors (Lipinski definition) is 2. The van der Waals surface area contributed by atoms with Crippen molar-refractivity contribution in [2.75, 3.05) is 0 Å². The molecule has 0 saturated heterocycles. The van der Waals surface area contributed by atoms with Crippen LogP contribution in [0.3, 0.4) is 0 Å². The fraction of sp³-hybridized carbons (Fsp3) is 0.462. The fourth-order valence-corrected chi connectivity index (χ4v) is 2.76. The minimum atomic E-state index is -0.977. The minimum Gasteiger partial charge on any atom is -0.386 e. The minimum absolute atomic E-state index is 0.315. The van der Waals surface area contributed by atoms with E-state index in [1.54, 1.807) is 13.8 Å². The molecule has 3 heterocycles. The van der Waals surface area contributed by atoms with Crippen LogP contribution < -0.4 is 0 Å². The van der Waals surface area contributed by atoms with Gasteiger partial charge in [-0.05, 0) is 32.8 Å². The molecule has 0 atom stereocenters. The molecule has 4 rings (SSSR count). The first-order valence-corrected chi connectivity index (χ1v) is 6.83. The van der Waals surface area contributed by atoms with E-state index in [1.165, 1.54) is 0 Å². The van der Waals surface area contributed by atoms with Gasteiger partial charge in [-0.2, -0.15) is 5.21 Å². The van der Waals surface area contributed by atoms with Gasteiger partial charge in [-0.3, -0.25) is 4.40 Å². The second-order valence-corrected chi connectivity index (χ2v) is 6.02. The fourth-order valence-electron chi connectivity index (χ4n) is 2.76. The largest absolute Gasteiger partial charge is 0.386 e. The number of aromatic nitrogens is 7. The molecule has 3 aromatic heterocycles. The molecule has 1 fully saturated rings. The third-order valence-electron chi connectivity index (χ3n) is 4.05. The van der Waals surface area contributed by atoms with Crippen molar-refractivity contribution in [2.24, 2.45) is 0 Å².